The number of benzene rings is 2. The van der Waals surface area contributed by atoms with Gasteiger partial charge in [0, 0.05) is 18.2 Å². The van der Waals surface area contributed by atoms with Gasteiger partial charge in [0.05, 0.1) is 7.11 Å². The monoisotopic (exact) mass is 519 g/mol. The predicted octanol–water partition coefficient (Wildman–Crippen LogP) is 4.54. The van der Waals surface area contributed by atoms with E-state index in [0.29, 0.717) is 30.9 Å². The van der Waals surface area contributed by atoms with Gasteiger partial charge in [-0.1, -0.05) is 68.9 Å². The second-order valence-corrected chi connectivity index (χ2v) is 11.3. The molecule has 0 spiro atoms. The Morgan fingerprint density at radius 3 is 2.39 bits per heavy atom. The zero-order valence-corrected chi connectivity index (χ0v) is 22.6. The highest BCUT2D eigenvalue weighted by Crippen LogP contribution is 2.31. The molecule has 2 amide bonds. The summed E-state index contributed by atoms with van der Waals surface area (Å²) in [4.78, 5) is 44.6. The number of ether oxygens (including phenoxy) is 1. The average Bonchev–Trinajstić information content (AvgIpc) is 3.42. The number of fused-ring (bicyclic) bond motifs is 1. The normalized spacial score (nSPS) is 23.8. The first-order valence-electron chi connectivity index (χ1n) is 14.5. The van der Waals surface area contributed by atoms with Gasteiger partial charge in [-0.2, -0.15) is 0 Å². The molecule has 2 aliphatic heterocycles. The van der Waals surface area contributed by atoms with Gasteiger partial charge >= 0.3 is 5.97 Å². The third-order valence-electron chi connectivity index (χ3n) is 8.85. The Hall–Kier alpha value is -2.93. The lowest BCUT2D eigenvalue weighted by molar-refractivity contribution is -0.151. The number of hydrogen-bond acceptors (Lipinski definition) is 5. The largest absolute Gasteiger partial charge is 0.467 e. The SMILES string of the molecule is COC(=O)[C@@H]1C[C@@H](N2CCCCC2)CN1C(=O)[C@@H](CC1CCCCC1)NC(=O)c1ccc2ccccc2c1. The molecule has 0 aromatic heterocycles. The highest BCUT2D eigenvalue weighted by molar-refractivity contribution is 6.01. The van der Waals surface area contributed by atoms with E-state index < -0.39 is 12.1 Å². The number of likely N-dealkylation sites (tertiary alicyclic amines) is 2. The van der Waals surface area contributed by atoms with Crippen LogP contribution >= 0.6 is 0 Å². The molecular weight excluding hydrogens is 478 g/mol. The second-order valence-electron chi connectivity index (χ2n) is 11.3. The summed E-state index contributed by atoms with van der Waals surface area (Å²) in [6.45, 7) is 2.52. The van der Waals surface area contributed by atoms with Crippen molar-refractivity contribution in [2.45, 2.75) is 82.3 Å². The van der Waals surface area contributed by atoms with Crippen molar-refractivity contribution in [3.63, 3.8) is 0 Å². The number of nitrogens with zero attached hydrogens (tertiary/aromatic N) is 2. The lowest BCUT2D eigenvalue weighted by Gasteiger charge is -2.33. The molecule has 3 aliphatic rings. The minimum Gasteiger partial charge on any atom is -0.467 e. The van der Waals surface area contributed by atoms with Crippen LogP contribution in [0.1, 0.15) is 74.6 Å². The van der Waals surface area contributed by atoms with Crippen LogP contribution in [-0.2, 0) is 14.3 Å². The second kappa shape index (κ2) is 12.3. The third-order valence-corrected chi connectivity index (χ3v) is 8.85. The summed E-state index contributed by atoms with van der Waals surface area (Å²) in [5, 5.41) is 5.16. The zero-order valence-electron chi connectivity index (χ0n) is 22.6. The quantitative estimate of drug-likeness (QED) is 0.544. The summed E-state index contributed by atoms with van der Waals surface area (Å²) >= 11 is 0. The van der Waals surface area contributed by atoms with Crippen LogP contribution < -0.4 is 5.32 Å². The maximum Gasteiger partial charge on any atom is 0.328 e. The number of nitrogens with one attached hydrogen (secondary N) is 1. The summed E-state index contributed by atoms with van der Waals surface area (Å²) in [6, 6.07) is 12.5. The maximum absolute atomic E-state index is 14.1. The van der Waals surface area contributed by atoms with Crippen LogP contribution in [0.2, 0.25) is 0 Å². The topological polar surface area (TPSA) is 79.0 Å². The number of carbonyl (C=O) groups excluding carboxylic acids is 3. The molecule has 2 saturated heterocycles. The Labute approximate surface area is 225 Å². The van der Waals surface area contributed by atoms with E-state index in [2.05, 4.69) is 10.2 Å². The van der Waals surface area contributed by atoms with E-state index in [1.807, 2.05) is 42.5 Å². The van der Waals surface area contributed by atoms with E-state index in [1.165, 1.54) is 20.0 Å². The summed E-state index contributed by atoms with van der Waals surface area (Å²) in [6.07, 6.45) is 10.4. The third kappa shape index (κ3) is 6.04. The Morgan fingerprint density at radius 2 is 1.66 bits per heavy atom. The van der Waals surface area contributed by atoms with Crippen LogP contribution in [-0.4, -0.2) is 72.5 Å². The summed E-state index contributed by atoms with van der Waals surface area (Å²) in [7, 11) is 1.39. The van der Waals surface area contributed by atoms with Crippen molar-refractivity contribution < 1.29 is 19.1 Å². The first-order chi connectivity index (χ1) is 18.5. The summed E-state index contributed by atoms with van der Waals surface area (Å²) in [5.41, 5.74) is 0.544. The van der Waals surface area contributed by atoms with Gasteiger partial charge in [-0.15, -0.1) is 0 Å². The van der Waals surface area contributed by atoms with Crippen molar-refractivity contribution in [1.29, 1.82) is 0 Å². The van der Waals surface area contributed by atoms with Crippen molar-refractivity contribution in [3.05, 3.63) is 48.0 Å². The van der Waals surface area contributed by atoms with Gasteiger partial charge in [0.2, 0.25) is 5.91 Å². The number of methoxy groups -OCH3 is 1. The molecule has 5 rings (SSSR count). The van der Waals surface area contributed by atoms with E-state index in [9.17, 15) is 14.4 Å². The molecule has 2 aromatic carbocycles. The molecule has 0 bridgehead atoms. The number of rotatable bonds is 7. The molecule has 0 unspecified atom stereocenters. The standard InChI is InChI=1S/C31H41N3O4/c1-38-31(37)28-20-26(33-16-8-3-9-17-33)21-34(28)30(36)27(18-22-10-4-2-5-11-22)32-29(35)25-15-14-23-12-6-7-13-24(23)19-25/h6-7,12-15,19,22,26-28H,2-5,8-11,16-18,20-21H2,1H3,(H,32,35)/t26-,27-,28+/m1/s1. The van der Waals surface area contributed by atoms with Crippen LogP contribution in [0.5, 0.6) is 0 Å². The maximum atomic E-state index is 14.1. The molecule has 2 heterocycles. The molecule has 0 radical (unpaired) electrons. The van der Waals surface area contributed by atoms with Gasteiger partial charge in [-0.3, -0.25) is 14.5 Å². The number of esters is 1. The van der Waals surface area contributed by atoms with Gasteiger partial charge in [0.25, 0.3) is 5.91 Å². The average molecular weight is 520 g/mol. The smallest absolute Gasteiger partial charge is 0.328 e. The first kappa shape index (κ1) is 26.7. The number of piperidine rings is 1. The summed E-state index contributed by atoms with van der Waals surface area (Å²) in [5.74, 6) is -0.368. The van der Waals surface area contributed by atoms with Gasteiger partial charge in [0.15, 0.2) is 0 Å². The minimum absolute atomic E-state index is 0.148. The number of hydrogen-bond donors (Lipinski definition) is 1. The Bertz CT molecular complexity index is 1140. The predicted molar refractivity (Wildman–Crippen MR) is 148 cm³/mol. The van der Waals surface area contributed by atoms with Crippen LogP contribution in [0.15, 0.2) is 42.5 Å². The fraction of sp³-hybridized carbons (Fsp3) is 0.581. The molecule has 204 valence electrons. The van der Waals surface area contributed by atoms with Crippen LogP contribution in [0.4, 0.5) is 0 Å². The van der Waals surface area contributed by atoms with Crippen LogP contribution in [0.25, 0.3) is 10.8 Å². The molecular formula is C31H41N3O4. The number of amides is 2. The molecule has 38 heavy (non-hydrogen) atoms. The highest BCUT2D eigenvalue weighted by atomic mass is 16.5. The first-order valence-corrected chi connectivity index (χ1v) is 14.5. The molecule has 3 fully saturated rings. The molecule has 2 aromatic rings. The van der Waals surface area contributed by atoms with Crippen molar-refractivity contribution in [1.82, 2.24) is 15.1 Å². The van der Waals surface area contributed by atoms with Crippen molar-refractivity contribution in [2.24, 2.45) is 5.92 Å². The van der Waals surface area contributed by atoms with Crippen molar-refractivity contribution in [3.8, 4) is 0 Å². The van der Waals surface area contributed by atoms with Crippen molar-refractivity contribution >= 4 is 28.6 Å². The lowest BCUT2D eigenvalue weighted by Crippen LogP contribution is -2.53. The Balaban J connectivity index is 1.37. The van der Waals surface area contributed by atoms with E-state index in [1.54, 1.807) is 4.90 Å². The molecule has 7 heteroatoms. The number of carbonyl (C=O) groups is 3. The molecule has 7 nitrogen and oxygen atoms in total. The fourth-order valence-corrected chi connectivity index (χ4v) is 6.71. The van der Waals surface area contributed by atoms with Gasteiger partial charge in [0.1, 0.15) is 12.1 Å². The molecule has 3 atom stereocenters. The molecule has 1 N–H and O–H groups in total. The van der Waals surface area contributed by atoms with Crippen molar-refractivity contribution in [2.75, 3.05) is 26.7 Å². The van der Waals surface area contributed by atoms with E-state index in [-0.39, 0.29) is 23.8 Å². The van der Waals surface area contributed by atoms with E-state index in [4.69, 9.17) is 4.74 Å². The van der Waals surface area contributed by atoms with E-state index in [0.717, 1.165) is 62.4 Å². The van der Waals surface area contributed by atoms with E-state index >= 15 is 0 Å². The molecule has 1 aliphatic carbocycles. The van der Waals surface area contributed by atoms with Gasteiger partial charge in [-0.25, -0.2) is 4.79 Å². The van der Waals surface area contributed by atoms with Crippen LogP contribution in [0, 0.1) is 5.92 Å². The Kier molecular flexibility index (Phi) is 8.62. The minimum atomic E-state index is -0.663. The molecule has 1 saturated carbocycles. The van der Waals surface area contributed by atoms with Gasteiger partial charge < -0.3 is 15.0 Å². The zero-order chi connectivity index (χ0) is 26.5. The van der Waals surface area contributed by atoms with Gasteiger partial charge in [-0.05, 0) is 67.6 Å². The fourth-order valence-electron chi connectivity index (χ4n) is 6.71. The Morgan fingerprint density at radius 1 is 0.947 bits per heavy atom. The van der Waals surface area contributed by atoms with Crippen LogP contribution in [0.3, 0.4) is 0 Å². The summed E-state index contributed by atoms with van der Waals surface area (Å²) < 4.78 is 5.13. The highest BCUT2D eigenvalue weighted by Gasteiger charge is 2.44. The lowest BCUT2D eigenvalue weighted by atomic mass is 9.84.